The summed E-state index contributed by atoms with van der Waals surface area (Å²) in [7, 11) is 1.61. The second-order valence-corrected chi connectivity index (χ2v) is 8.39. The molecule has 0 saturated carbocycles. The molecule has 7 heteroatoms. The van der Waals surface area contributed by atoms with Gasteiger partial charge in [-0.2, -0.15) is 0 Å². The summed E-state index contributed by atoms with van der Waals surface area (Å²) in [5, 5.41) is 7.17. The third-order valence-electron chi connectivity index (χ3n) is 4.61. The molecule has 0 aliphatic carbocycles. The Bertz CT molecular complexity index is 907. The molecule has 30 heavy (non-hydrogen) atoms. The van der Waals surface area contributed by atoms with Crippen LogP contribution in [0.2, 0.25) is 0 Å². The standard InChI is InChI=1S/C23H28FN3O3/c1-23(2,3)25-22(28)27(14-16-6-5-7-19(12-16)29-4)15-20-13-21(26-30-20)17-8-10-18(24)11-9-17/h5-12,20H,13-15H2,1-4H3,(H,25,28)/t20-/m1/s1. The zero-order valence-corrected chi connectivity index (χ0v) is 17.8. The molecule has 160 valence electrons. The highest BCUT2D eigenvalue weighted by molar-refractivity contribution is 6.01. The lowest BCUT2D eigenvalue weighted by molar-refractivity contribution is 0.0580. The van der Waals surface area contributed by atoms with E-state index in [4.69, 9.17) is 9.57 Å². The van der Waals surface area contributed by atoms with Gasteiger partial charge in [0.1, 0.15) is 11.6 Å². The third kappa shape index (κ3) is 5.95. The molecular formula is C23H28FN3O3. The van der Waals surface area contributed by atoms with E-state index in [2.05, 4.69) is 10.5 Å². The van der Waals surface area contributed by atoms with Crippen molar-refractivity contribution in [1.82, 2.24) is 10.2 Å². The molecule has 0 spiro atoms. The molecule has 2 amide bonds. The van der Waals surface area contributed by atoms with E-state index in [1.807, 2.05) is 45.0 Å². The lowest BCUT2D eigenvalue weighted by Gasteiger charge is -2.29. The number of ether oxygens (including phenoxy) is 1. The topological polar surface area (TPSA) is 63.2 Å². The van der Waals surface area contributed by atoms with Crippen molar-refractivity contribution in [3.05, 3.63) is 65.5 Å². The molecule has 1 N–H and O–H groups in total. The fraction of sp³-hybridized carbons (Fsp3) is 0.391. The van der Waals surface area contributed by atoms with Gasteiger partial charge in [0.2, 0.25) is 0 Å². The van der Waals surface area contributed by atoms with E-state index < -0.39 is 0 Å². The first-order valence-electron chi connectivity index (χ1n) is 9.92. The molecule has 1 heterocycles. The van der Waals surface area contributed by atoms with Crippen LogP contribution in [0.15, 0.2) is 53.7 Å². The van der Waals surface area contributed by atoms with Crippen molar-refractivity contribution in [3.8, 4) is 5.75 Å². The molecule has 2 aromatic carbocycles. The van der Waals surface area contributed by atoms with Crippen molar-refractivity contribution in [2.75, 3.05) is 13.7 Å². The van der Waals surface area contributed by atoms with Crippen molar-refractivity contribution >= 4 is 11.7 Å². The van der Waals surface area contributed by atoms with Gasteiger partial charge < -0.3 is 19.8 Å². The van der Waals surface area contributed by atoms with Crippen LogP contribution in [-0.2, 0) is 11.4 Å². The zero-order valence-electron chi connectivity index (χ0n) is 17.8. The van der Waals surface area contributed by atoms with Crippen LogP contribution in [0.3, 0.4) is 0 Å². The maximum atomic E-state index is 13.2. The minimum atomic E-state index is -0.365. The summed E-state index contributed by atoms with van der Waals surface area (Å²) < 4.78 is 18.5. The number of hydrogen-bond acceptors (Lipinski definition) is 4. The van der Waals surface area contributed by atoms with Crippen LogP contribution < -0.4 is 10.1 Å². The number of nitrogens with one attached hydrogen (secondary N) is 1. The van der Waals surface area contributed by atoms with E-state index in [1.165, 1.54) is 12.1 Å². The summed E-state index contributed by atoms with van der Waals surface area (Å²) in [5.41, 5.74) is 2.15. The quantitative estimate of drug-likeness (QED) is 0.766. The average Bonchev–Trinajstić information content (AvgIpc) is 3.15. The molecule has 6 nitrogen and oxygen atoms in total. The number of rotatable bonds is 6. The molecule has 0 aromatic heterocycles. The normalized spacial score (nSPS) is 15.9. The van der Waals surface area contributed by atoms with Crippen molar-refractivity contribution < 1.29 is 18.8 Å². The Morgan fingerprint density at radius 3 is 2.67 bits per heavy atom. The summed E-state index contributed by atoms with van der Waals surface area (Å²) in [6, 6.07) is 13.6. The Morgan fingerprint density at radius 2 is 2.00 bits per heavy atom. The van der Waals surface area contributed by atoms with Gasteiger partial charge in [0, 0.05) is 18.5 Å². The SMILES string of the molecule is COc1cccc(CN(C[C@H]2CC(c3ccc(F)cc3)=NO2)C(=O)NC(C)(C)C)c1. The smallest absolute Gasteiger partial charge is 0.318 e. The van der Waals surface area contributed by atoms with Gasteiger partial charge in [-0.25, -0.2) is 9.18 Å². The minimum absolute atomic E-state index is 0.177. The Balaban J connectivity index is 1.70. The molecule has 0 fully saturated rings. The van der Waals surface area contributed by atoms with Crippen LogP contribution in [0.4, 0.5) is 9.18 Å². The number of carbonyl (C=O) groups is 1. The minimum Gasteiger partial charge on any atom is -0.497 e. The van der Waals surface area contributed by atoms with E-state index in [1.54, 1.807) is 24.1 Å². The predicted molar refractivity (Wildman–Crippen MR) is 114 cm³/mol. The molecule has 0 radical (unpaired) electrons. The molecule has 1 aliphatic heterocycles. The van der Waals surface area contributed by atoms with E-state index in [-0.39, 0.29) is 23.5 Å². The van der Waals surface area contributed by atoms with Gasteiger partial charge in [-0.05, 0) is 56.2 Å². The van der Waals surface area contributed by atoms with Crippen LogP contribution in [0, 0.1) is 5.82 Å². The van der Waals surface area contributed by atoms with E-state index in [0.29, 0.717) is 19.5 Å². The maximum Gasteiger partial charge on any atom is 0.318 e. The van der Waals surface area contributed by atoms with Gasteiger partial charge >= 0.3 is 6.03 Å². The van der Waals surface area contributed by atoms with E-state index >= 15 is 0 Å². The second-order valence-electron chi connectivity index (χ2n) is 8.39. The van der Waals surface area contributed by atoms with Gasteiger partial charge in [0.15, 0.2) is 6.10 Å². The van der Waals surface area contributed by atoms with E-state index in [0.717, 1.165) is 22.6 Å². The lowest BCUT2D eigenvalue weighted by Crippen LogP contribution is -2.50. The first-order chi connectivity index (χ1) is 14.2. The summed E-state index contributed by atoms with van der Waals surface area (Å²) in [6.45, 7) is 6.60. The van der Waals surface area contributed by atoms with Crippen LogP contribution in [-0.4, -0.2) is 41.9 Å². The van der Waals surface area contributed by atoms with Gasteiger partial charge in [-0.15, -0.1) is 0 Å². The molecule has 0 unspecified atom stereocenters. The maximum absolute atomic E-state index is 13.2. The molecule has 0 bridgehead atoms. The van der Waals surface area contributed by atoms with E-state index in [9.17, 15) is 9.18 Å². The number of urea groups is 1. The summed E-state index contributed by atoms with van der Waals surface area (Å²) in [6.07, 6.45) is 0.268. The Labute approximate surface area is 176 Å². The average molecular weight is 413 g/mol. The number of nitrogens with zero attached hydrogens (tertiary/aromatic N) is 2. The van der Waals surface area contributed by atoms with Crippen LogP contribution in [0.5, 0.6) is 5.75 Å². The monoisotopic (exact) mass is 413 g/mol. The first-order valence-corrected chi connectivity index (χ1v) is 9.92. The van der Waals surface area contributed by atoms with Gasteiger partial charge in [0.25, 0.3) is 0 Å². The molecule has 0 saturated heterocycles. The number of carbonyl (C=O) groups excluding carboxylic acids is 1. The number of methoxy groups -OCH3 is 1. The Kier molecular flexibility index (Phi) is 6.59. The number of oxime groups is 1. The van der Waals surface area contributed by atoms with Gasteiger partial charge in [0.05, 0.1) is 19.4 Å². The van der Waals surface area contributed by atoms with Crippen LogP contribution in [0.1, 0.15) is 38.3 Å². The Morgan fingerprint density at radius 1 is 1.27 bits per heavy atom. The largest absolute Gasteiger partial charge is 0.497 e. The second kappa shape index (κ2) is 9.15. The van der Waals surface area contributed by atoms with Gasteiger partial charge in [-0.1, -0.05) is 29.4 Å². The summed E-state index contributed by atoms with van der Waals surface area (Å²) >= 11 is 0. The molecule has 3 rings (SSSR count). The molecular weight excluding hydrogens is 385 g/mol. The highest BCUT2D eigenvalue weighted by Crippen LogP contribution is 2.20. The number of amides is 2. The number of halogens is 1. The van der Waals surface area contributed by atoms with Crippen molar-refractivity contribution in [3.63, 3.8) is 0 Å². The number of hydrogen-bond donors (Lipinski definition) is 1. The summed E-state index contributed by atoms with van der Waals surface area (Å²) in [4.78, 5) is 20.3. The van der Waals surface area contributed by atoms with Crippen LogP contribution in [0.25, 0.3) is 0 Å². The molecule has 2 aromatic rings. The fourth-order valence-electron chi connectivity index (χ4n) is 3.20. The fourth-order valence-corrected chi connectivity index (χ4v) is 3.20. The highest BCUT2D eigenvalue weighted by atomic mass is 19.1. The van der Waals surface area contributed by atoms with Crippen LogP contribution >= 0.6 is 0 Å². The number of benzene rings is 2. The zero-order chi connectivity index (χ0) is 21.7. The van der Waals surface area contributed by atoms with Crippen molar-refractivity contribution in [2.45, 2.75) is 45.4 Å². The molecule has 1 aliphatic rings. The highest BCUT2D eigenvalue weighted by Gasteiger charge is 2.28. The first kappa shape index (κ1) is 21.6. The third-order valence-corrected chi connectivity index (χ3v) is 4.61. The van der Waals surface area contributed by atoms with Crippen molar-refractivity contribution in [1.29, 1.82) is 0 Å². The van der Waals surface area contributed by atoms with Crippen molar-refractivity contribution in [2.24, 2.45) is 5.16 Å². The predicted octanol–water partition coefficient (Wildman–Crippen LogP) is 4.34. The van der Waals surface area contributed by atoms with Gasteiger partial charge in [-0.3, -0.25) is 0 Å². The molecule has 1 atom stereocenters. The lowest BCUT2D eigenvalue weighted by atomic mass is 10.0. The Hall–Kier alpha value is -3.09. The summed E-state index contributed by atoms with van der Waals surface area (Å²) in [5.74, 6) is 0.445.